The fourth-order valence-electron chi connectivity index (χ4n) is 6.82. The van der Waals surface area contributed by atoms with Gasteiger partial charge in [-0.1, -0.05) is 23.7 Å². The predicted octanol–water partition coefficient (Wildman–Crippen LogP) is 6.95. The average molecular weight is 632 g/mol. The number of hydrogen-bond acceptors (Lipinski definition) is 7. The summed E-state index contributed by atoms with van der Waals surface area (Å²) in [4.78, 5) is 18.6. The van der Waals surface area contributed by atoms with Gasteiger partial charge in [0, 0.05) is 23.1 Å². The second-order valence-corrected chi connectivity index (χ2v) is 12.4. The van der Waals surface area contributed by atoms with E-state index in [-0.39, 0.29) is 23.3 Å². The maximum absolute atomic E-state index is 15.0. The second-order valence-electron chi connectivity index (χ2n) is 12.0. The lowest BCUT2D eigenvalue weighted by Crippen LogP contribution is -2.35. The van der Waals surface area contributed by atoms with Crippen molar-refractivity contribution >= 4 is 39.6 Å². The molecule has 3 aliphatic heterocycles. The van der Waals surface area contributed by atoms with Gasteiger partial charge < -0.3 is 28.3 Å². The van der Waals surface area contributed by atoms with E-state index in [1.807, 2.05) is 34.9 Å². The molecule has 5 aromatic rings. The molecule has 3 aromatic carbocycles. The molecule has 0 aliphatic carbocycles. The molecule has 0 unspecified atom stereocenters. The first kappa shape index (κ1) is 28.4. The molecule has 8 rings (SSSR count). The minimum Gasteiger partial charge on any atom is -0.485 e. The van der Waals surface area contributed by atoms with Gasteiger partial charge >= 0.3 is 5.97 Å². The third-order valence-electron chi connectivity index (χ3n) is 9.30. The van der Waals surface area contributed by atoms with Crippen molar-refractivity contribution in [3.05, 3.63) is 88.1 Å². The predicted molar refractivity (Wildman–Crippen MR) is 165 cm³/mol. The number of para-hydroxylation sites is 1. The van der Waals surface area contributed by atoms with E-state index in [1.165, 1.54) is 6.07 Å². The van der Waals surface area contributed by atoms with Crippen molar-refractivity contribution in [2.24, 2.45) is 0 Å². The number of likely N-dealkylation sites (tertiary alicyclic amines) is 1. The van der Waals surface area contributed by atoms with Gasteiger partial charge in [0.05, 0.1) is 41.6 Å². The Morgan fingerprint density at radius 1 is 1.09 bits per heavy atom. The maximum atomic E-state index is 15.0. The molecule has 0 saturated carbocycles. The van der Waals surface area contributed by atoms with Gasteiger partial charge in [-0.05, 0) is 74.7 Å². The summed E-state index contributed by atoms with van der Waals surface area (Å²) < 4.78 is 41.1. The van der Waals surface area contributed by atoms with Crippen LogP contribution in [0.25, 0.3) is 22.0 Å². The Morgan fingerprint density at radius 3 is 2.71 bits per heavy atom. The highest BCUT2D eigenvalue weighted by molar-refractivity contribution is 6.35. The van der Waals surface area contributed by atoms with Crippen molar-refractivity contribution in [2.75, 3.05) is 26.3 Å². The molecule has 2 fully saturated rings. The largest absolute Gasteiger partial charge is 0.485 e. The number of nitrogens with zero attached hydrogens (tertiary/aromatic N) is 3. The fraction of sp³-hybridized carbons (Fsp3) is 0.353. The highest BCUT2D eigenvalue weighted by Crippen LogP contribution is 2.45. The van der Waals surface area contributed by atoms with Gasteiger partial charge in [-0.15, -0.1) is 0 Å². The second kappa shape index (κ2) is 11.3. The number of imidazole rings is 1. The van der Waals surface area contributed by atoms with E-state index in [9.17, 15) is 14.3 Å². The number of halogens is 2. The van der Waals surface area contributed by atoms with E-state index in [1.54, 1.807) is 6.26 Å². The molecular weight excluding hydrogens is 601 g/mol. The normalized spacial score (nSPS) is 20.5. The van der Waals surface area contributed by atoms with Crippen molar-refractivity contribution in [3.63, 3.8) is 0 Å². The van der Waals surface area contributed by atoms with Crippen LogP contribution in [0.4, 0.5) is 4.39 Å². The first-order valence-corrected chi connectivity index (χ1v) is 15.6. The van der Waals surface area contributed by atoms with Crippen LogP contribution < -0.4 is 9.47 Å². The van der Waals surface area contributed by atoms with E-state index in [4.69, 9.17) is 30.2 Å². The number of furan rings is 1. The van der Waals surface area contributed by atoms with Crippen LogP contribution in [0.2, 0.25) is 5.02 Å². The molecule has 0 spiro atoms. The van der Waals surface area contributed by atoms with E-state index in [2.05, 4.69) is 16.0 Å². The van der Waals surface area contributed by atoms with Crippen LogP contribution in [0.1, 0.15) is 58.6 Å². The van der Waals surface area contributed by atoms with Crippen LogP contribution in [0.3, 0.4) is 0 Å². The van der Waals surface area contributed by atoms with Gasteiger partial charge in [0.2, 0.25) is 0 Å². The lowest BCUT2D eigenvalue weighted by molar-refractivity contribution is -0.0592. The number of rotatable bonds is 7. The third-order valence-corrected chi connectivity index (χ3v) is 9.63. The molecule has 0 radical (unpaired) electrons. The number of ether oxygens (including phenoxy) is 3. The molecule has 3 aliphatic rings. The SMILES string of the molecule is O=C(O)c1cc(F)c2nc(CN3CCC(c4cccc5c4OC[C@@H](c4ccc(Cl)c6ccoc46)O5)CC3)n(C[C@@H]3CCO3)c2c1. The number of fused-ring (bicyclic) bond motifs is 3. The molecule has 5 heterocycles. The Balaban J connectivity index is 0.989. The molecule has 0 amide bonds. The molecule has 0 bridgehead atoms. The lowest BCUT2D eigenvalue weighted by atomic mass is 9.88. The summed E-state index contributed by atoms with van der Waals surface area (Å²) in [6.07, 6.45) is 4.06. The summed E-state index contributed by atoms with van der Waals surface area (Å²) in [6, 6.07) is 14.3. The number of carbonyl (C=O) groups is 1. The first-order valence-electron chi connectivity index (χ1n) is 15.3. The Morgan fingerprint density at radius 2 is 1.93 bits per heavy atom. The van der Waals surface area contributed by atoms with Crippen LogP contribution in [0.5, 0.6) is 11.5 Å². The van der Waals surface area contributed by atoms with Crippen molar-refractivity contribution in [2.45, 2.75) is 50.5 Å². The summed E-state index contributed by atoms with van der Waals surface area (Å²) in [5.41, 5.74) is 3.35. The molecule has 45 heavy (non-hydrogen) atoms. The number of hydrogen-bond donors (Lipinski definition) is 1. The van der Waals surface area contributed by atoms with Crippen LogP contribution in [0.15, 0.2) is 59.2 Å². The number of benzene rings is 3. The Hall–Kier alpha value is -4.12. The highest BCUT2D eigenvalue weighted by atomic mass is 35.5. The van der Waals surface area contributed by atoms with Gasteiger partial charge in [-0.3, -0.25) is 4.90 Å². The summed E-state index contributed by atoms with van der Waals surface area (Å²) in [5.74, 6) is 0.731. The monoisotopic (exact) mass is 631 g/mol. The zero-order valence-electron chi connectivity index (χ0n) is 24.4. The quantitative estimate of drug-likeness (QED) is 0.206. The van der Waals surface area contributed by atoms with E-state index in [0.717, 1.165) is 66.4 Å². The van der Waals surface area contributed by atoms with Crippen molar-refractivity contribution in [3.8, 4) is 11.5 Å². The summed E-state index contributed by atoms with van der Waals surface area (Å²) in [5, 5.41) is 11.0. The van der Waals surface area contributed by atoms with Crippen LogP contribution in [-0.4, -0.2) is 57.9 Å². The zero-order valence-corrected chi connectivity index (χ0v) is 25.1. The summed E-state index contributed by atoms with van der Waals surface area (Å²) >= 11 is 6.35. The van der Waals surface area contributed by atoms with Gasteiger partial charge in [0.15, 0.2) is 23.4 Å². The number of aromatic nitrogens is 2. The summed E-state index contributed by atoms with van der Waals surface area (Å²) in [7, 11) is 0. The molecule has 232 valence electrons. The average Bonchev–Trinajstić information content (AvgIpc) is 3.65. The van der Waals surface area contributed by atoms with Gasteiger partial charge in [-0.2, -0.15) is 0 Å². The number of carboxylic acids is 1. The van der Waals surface area contributed by atoms with Gasteiger partial charge in [0.1, 0.15) is 23.5 Å². The molecule has 11 heteroatoms. The molecule has 2 saturated heterocycles. The van der Waals surface area contributed by atoms with Crippen LogP contribution >= 0.6 is 11.6 Å². The van der Waals surface area contributed by atoms with Crippen molar-refractivity contribution in [1.82, 2.24) is 14.5 Å². The van der Waals surface area contributed by atoms with Crippen molar-refractivity contribution < 1.29 is 32.9 Å². The Kier molecular flexibility index (Phi) is 7.15. The smallest absolute Gasteiger partial charge is 0.335 e. The molecular formula is C34H31ClFN3O6. The van der Waals surface area contributed by atoms with Crippen molar-refractivity contribution in [1.29, 1.82) is 0 Å². The van der Waals surface area contributed by atoms with Gasteiger partial charge in [-0.25, -0.2) is 14.2 Å². The molecule has 9 nitrogen and oxygen atoms in total. The molecule has 1 N–H and O–H groups in total. The maximum Gasteiger partial charge on any atom is 0.335 e. The molecule has 2 atom stereocenters. The fourth-order valence-corrected chi connectivity index (χ4v) is 7.03. The lowest BCUT2D eigenvalue weighted by Gasteiger charge is -2.35. The minimum absolute atomic E-state index is 0.0132. The third kappa shape index (κ3) is 5.10. The number of carboxylic acid groups (broad SMARTS) is 1. The zero-order chi connectivity index (χ0) is 30.7. The van der Waals surface area contributed by atoms with E-state index < -0.39 is 11.8 Å². The Labute approximate surface area is 263 Å². The molecule has 2 aromatic heterocycles. The summed E-state index contributed by atoms with van der Waals surface area (Å²) in [6.45, 7) is 3.76. The topological polar surface area (TPSA) is 99.2 Å². The van der Waals surface area contributed by atoms with Gasteiger partial charge in [0.25, 0.3) is 0 Å². The standard InChI is InChI=1S/C34H31ClFN3O6/c35-25-5-4-24(32-23(25)9-13-43-32)29-18-44-33-22(2-1-3-28(33)45-29)19-6-10-38(11-7-19)17-30-37-31-26(36)14-20(34(40)41)15-27(31)39(30)16-21-8-12-42-21/h1-5,9,13-15,19,21,29H,6-8,10-12,16-18H2,(H,40,41)/t21-,29-/m0/s1. The van der Waals surface area contributed by atoms with Crippen LogP contribution in [0, 0.1) is 5.82 Å². The number of aromatic carboxylic acids is 1. The minimum atomic E-state index is -1.17. The number of piperidine rings is 1. The first-order chi connectivity index (χ1) is 21.9. The Bertz CT molecular complexity index is 1930. The van der Waals surface area contributed by atoms with Crippen LogP contribution in [-0.2, 0) is 17.8 Å². The highest BCUT2D eigenvalue weighted by Gasteiger charge is 2.32. The van der Waals surface area contributed by atoms with E-state index in [0.29, 0.717) is 54.2 Å². The van der Waals surface area contributed by atoms with E-state index >= 15 is 0 Å².